The minimum Gasteiger partial charge on any atom is -0.447 e. The van der Waals surface area contributed by atoms with Crippen LogP contribution in [0.3, 0.4) is 0 Å². The van der Waals surface area contributed by atoms with E-state index in [0.717, 1.165) is 26.2 Å². The van der Waals surface area contributed by atoms with Gasteiger partial charge < -0.3 is 14.8 Å². The fourth-order valence-electron chi connectivity index (χ4n) is 2.91. The lowest BCUT2D eigenvalue weighted by Gasteiger charge is -2.34. The van der Waals surface area contributed by atoms with Gasteiger partial charge in [0.1, 0.15) is 6.26 Å². The van der Waals surface area contributed by atoms with Crippen molar-refractivity contribution in [3.05, 3.63) is 47.1 Å². The molecule has 0 bridgehead atoms. The molecule has 0 radical (unpaired) electrons. The summed E-state index contributed by atoms with van der Waals surface area (Å²) in [5.74, 6) is 0.208. The fourth-order valence-corrected chi connectivity index (χ4v) is 3.04. The predicted molar refractivity (Wildman–Crippen MR) is 99.3 cm³/mol. The van der Waals surface area contributed by atoms with Gasteiger partial charge in [-0.15, -0.1) is 0 Å². The summed E-state index contributed by atoms with van der Waals surface area (Å²) in [6.45, 7) is 6.61. The van der Waals surface area contributed by atoms with Gasteiger partial charge in [0, 0.05) is 43.4 Å². The molecule has 1 aromatic carbocycles. The van der Waals surface area contributed by atoms with Crippen LogP contribution in [0, 0.1) is 0 Å². The molecular formula is C18H23ClN4O3. The Bertz CT molecular complexity index is 724. The summed E-state index contributed by atoms with van der Waals surface area (Å²) < 4.78 is 5.45. The van der Waals surface area contributed by atoms with E-state index in [9.17, 15) is 9.90 Å². The summed E-state index contributed by atoms with van der Waals surface area (Å²) >= 11 is 5.83. The smallest absolute Gasteiger partial charge is 0.277 e. The second-order valence-corrected chi connectivity index (χ2v) is 6.95. The van der Waals surface area contributed by atoms with E-state index in [1.54, 1.807) is 31.2 Å². The van der Waals surface area contributed by atoms with Crippen LogP contribution >= 0.6 is 11.6 Å². The van der Waals surface area contributed by atoms with Gasteiger partial charge in [0.15, 0.2) is 5.69 Å². The van der Waals surface area contributed by atoms with Crippen molar-refractivity contribution in [3.8, 4) is 0 Å². The van der Waals surface area contributed by atoms with Crippen LogP contribution < -0.4 is 5.32 Å². The van der Waals surface area contributed by atoms with Crippen molar-refractivity contribution in [2.75, 3.05) is 38.0 Å². The highest BCUT2D eigenvalue weighted by Gasteiger charge is 2.20. The van der Waals surface area contributed by atoms with E-state index >= 15 is 0 Å². The summed E-state index contributed by atoms with van der Waals surface area (Å²) in [5.41, 5.74) is 0.904. The van der Waals surface area contributed by atoms with Gasteiger partial charge in [0.25, 0.3) is 5.91 Å². The largest absolute Gasteiger partial charge is 0.447 e. The van der Waals surface area contributed by atoms with Crippen LogP contribution in [0.2, 0.25) is 5.02 Å². The minimum atomic E-state index is -0.316. The first-order chi connectivity index (χ1) is 12.5. The highest BCUT2D eigenvalue weighted by molar-refractivity contribution is 6.30. The van der Waals surface area contributed by atoms with Gasteiger partial charge in [-0.2, -0.15) is 0 Å². The number of aliphatic hydroxyl groups excluding tert-OH is 1. The molecule has 0 spiro atoms. The average Bonchev–Trinajstić information content (AvgIpc) is 3.07. The number of nitrogens with zero attached hydrogens (tertiary/aromatic N) is 3. The highest BCUT2D eigenvalue weighted by atomic mass is 35.5. The third-order valence-electron chi connectivity index (χ3n) is 4.23. The van der Waals surface area contributed by atoms with Gasteiger partial charge in [0.05, 0.1) is 12.6 Å². The standard InChI is InChI=1S/C18H23ClN4O3/c1-13(24)10-22-6-8-23(9-7-22)11-17-21-16(12-26-17)18(25)20-15-4-2-14(19)3-5-15/h2-5,12-13,24H,6-11H2,1H3,(H,20,25). The molecule has 1 amide bonds. The van der Waals surface area contributed by atoms with Crippen LogP contribution in [0.5, 0.6) is 0 Å². The van der Waals surface area contributed by atoms with Crippen LogP contribution in [0.1, 0.15) is 23.3 Å². The Kier molecular flexibility index (Phi) is 6.26. The molecule has 1 aromatic heterocycles. The Labute approximate surface area is 157 Å². The molecule has 1 saturated heterocycles. The first-order valence-corrected chi connectivity index (χ1v) is 9.01. The second-order valence-electron chi connectivity index (χ2n) is 6.51. The zero-order valence-corrected chi connectivity index (χ0v) is 15.4. The maximum absolute atomic E-state index is 12.2. The van der Waals surface area contributed by atoms with Crippen molar-refractivity contribution in [3.63, 3.8) is 0 Å². The molecule has 1 fully saturated rings. The summed E-state index contributed by atoms with van der Waals surface area (Å²) in [6.07, 6.45) is 1.07. The number of aliphatic hydroxyl groups is 1. The number of carbonyl (C=O) groups excluding carboxylic acids is 1. The number of anilines is 1. The van der Waals surface area contributed by atoms with E-state index in [-0.39, 0.29) is 17.7 Å². The summed E-state index contributed by atoms with van der Waals surface area (Å²) in [5, 5.41) is 12.8. The average molecular weight is 379 g/mol. The minimum absolute atomic E-state index is 0.252. The normalized spacial score (nSPS) is 17.2. The van der Waals surface area contributed by atoms with Crippen LogP contribution in [-0.4, -0.2) is 64.6 Å². The number of halogens is 1. The lowest BCUT2D eigenvalue weighted by Crippen LogP contribution is -2.47. The molecule has 7 nitrogen and oxygen atoms in total. The zero-order chi connectivity index (χ0) is 18.5. The third-order valence-corrected chi connectivity index (χ3v) is 4.48. The van der Waals surface area contributed by atoms with E-state index < -0.39 is 0 Å². The van der Waals surface area contributed by atoms with Gasteiger partial charge in [-0.05, 0) is 31.2 Å². The molecule has 3 rings (SSSR count). The molecule has 2 aromatic rings. The number of nitrogens with one attached hydrogen (secondary N) is 1. The van der Waals surface area contributed by atoms with E-state index in [0.29, 0.717) is 29.7 Å². The molecular weight excluding hydrogens is 356 g/mol. The predicted octanol–water partition coefficient (Wildman–Crippen LogP) is 2.08. The number of β-amino-alcohol motifs (C(OH)–C–C–N with tert-alkyl or cyclic N) is 1. The third kappa shape index (κ3) is 5.28. The summed E-state index contributed by atoms with van der Waals surface area (Å²) in [7, 11) is 0. The number of piperazine rings is 1. The van der Waals surface area contributed by atoms with Gasteiger partial charge >= 0.3 is 0 Å². The maximum Gasteiger partial charge on any atom is 0.277 e. The lowest BCUT2D eigenvalue weighted by molar-refractivity contribution is 0.0747. The Hall–Kier alpha value is -1.93. The number of hydrogen-bond donors (Lipinski definition) is 2. The van der Waals surface area contributed by atoms with Gasteiger partial charge in [-0.3, -0.25) is 14.6 Å². The van der Waals surface area contributed by atoms with Crippen molar-refractivity contribution >= 4 is 23.2 Å². The molecule has 8 heteroatoms. The van der Waals surface area contributed by atoms with Crippen LogP contribution in [0.4, 0.5) is 5.69 Å². The molecule has 0 aliphatic carbocycles. The monoisotopic (exact) mass is 378 g/mol. The Morgan fingerprint density at radius 1 is 1.27 bits per heavy atom. The van der Waals surface area contributed by atoms with E-state index in [1.807, 2.05) is 0 Å². The Balaban J connectivity index is 1.50. The van der Waals surface area contributed by atoms with Crippen molar-refractivity contribution < 1.29 is 14.3 Å². The quantitative estimate of drug-likeness (QED) is 0.801. The summed E-state index contributed by atoms with van der Waals surface area (Å²) in [6, 6.07) is 6.88. The number of rotatable bonds is 6. The molecule has 0 saturated carbocycles. The molecule has 26 heavy (non-hydrogen) atoms. The van der Waals surface area contributed by atoms with Crippen molar-refractivity contribution in [1.29, 1.82) is 0 Å². The maximum atomic E-state index is 12.2. The number of hydrogen-bond acceptors (Lipinski definition) is 6. The number of benzene rings is 1. The van der Waals surface area contributed by atoms with Crippen LogP contribution in [0.25, 0.3) is 0 Å². The second kappa shape index (κ2) is 8.64. The number of amides is 1. The molecule has 1 aliphatic rings. The van der Waals surface area contributed by atoms with Crippen molar-refractivity contribution in [2.24, 2.45) is 0 Å². The SMILES string of the molecule is CC(O)CN1CCN(Cc2nc(C(=O)Nc3ccc(Cl)cc3)co2)CC1. The van der Waals surface area contributed by atoms with E-state index in [1.165, 1.54) is 6.26 Å². The van der Waals surface area contributed by atoms with Crippen molar-refractivity contribution in [2.45, 2.75) is 19.6 Å². The first-order valence-electron chi connectivity index (χ1n) is 8.63. The number of carbonyl (C=O) groups is 1. The Morgan fingerprint density at radius 2 is 1.92 bits per heavy atom. The molecule has 1 atom stereocenters. The molecule has 140 valence electrons. The molecule has 1 aliphatic heterocycles. The fraction of sp³-hybridized carbons (Fsp3) is 0.444. The van der Waals surface area contributed by atoms with E-state index in [4.69, 9.17) is 16.0 Å². The molecule has 2 N–H and O–H groups in total. The van der Waals surface area contributed by atoms with Crippen LogP contribution in [-0.2, 0) is 6.54 Å². The lowest BCUT2D eigenvalue weighted by atomic mass is 10.3. The Morgan fingerprint density at radius 3 is 2.58 bits per heavy atom. The van der Waals surface area contributed by atoms with Crippen molar-refractivity contribution in [1.82, 2.24) is 14.8 Å². The summed E-state index contributed by atoms with van der Waals surface area (Å²) in [4.78, 5) is 21.0. The van der Waals surface area contributed by atoms with Gasteiger partial charge in [-0.1, -0.05) is 11.6 Å². The molecule has 1 unspecified atom stereocenters. The highest BCUT2D eigenvalue weighted by Crippen LogP contribution is 2.15. The number of oxazole rings is 1. The topological polar surface area (TPSA) is 81.8 Å². The van der Waals surface area contributed by atoms with Gasteiger partial charge in [-0.25, -0.2) is 4.98 Å². The van der Waals surface area contributed by atoms with E-state index in [2.05, 4.69) is 20.1 Å². The van der Waals surface area contributed by atoms with Gasteiger partial charge in [0.2, 0.25) is 5.89 Å². The van der Waals surface area contributed by atoms with Crippen LogP contribution in [0.15, 0.2) is 34.9 Å². The zero-order valence-electron chi connectivity index (χ0n) is 14.7. The molecule has 2 heterocycles. The number of aromatic nitrogens is 1. The first kappa shape index (κ1) is 18.8.